The maximum atomic E-state index is 10.2. The van der Waals surface area contributed by atoms with Crippen LogP contribution in [0.25, 0.3) is 10.9 Å². The zero-order chi connectivity index (χ0) is 10.8. The highest BCUT2D eigenvalue weighted by Crippen LogP contribution is 2.26. The number of halogens is 1. The van der Waals surface area contributed by atoms with Gasteiger partial charge in [0.25, 0.3) is 6.47 Å². The van der Waals surface area contributed by atoms with E-state index in [-0.39, 0.29) is 0 Å². The lowest BCUT2D eigenvalue weighted by atomic mass is 10.1. The second kappa shape index (κ2) is 4.06. The van der Waals surface area contributed by atoms with E-state index in [1.807, 2.05) is 25.3 Å². The van der Waals surface area contributed by atoms with Crippen LogP contribution >= 0.6 is 15.9 Å². The molecule has 0 radical (unpaired) electrons. The first kappa shape index (κ1) is 10.2. The standard InChI is InChI=1S/C11H10BrNO2/c1-7-4-13-10-3-9(12)2-8(11(7)10)5-15-6-14/h2-4,6,13H,5H2,1H3. The summed E-state index contributed by atoms with van der Waals surface area (Å²) in [5.74, 6) is 0. The molecule has 0 spiro atoms. The van der Waals surface area contributed by atoms with Crippen molar-refractivity contribution in [2.24, 2.45) is 0 Å². The van der Waals surface area contributed by atoms with E-state index >= 15 is 0 Å². The third-order valence-electron chi connectivity index (χ3n) is 2.33. The average molecular weight is 268 g/mol. The molecule has 1 aromatic carbocycles. The summed E-state index contributed by atoms with van der Waals surface area (Å²) < 4.78 is 5.77. The Morgan fingerprint density at radius 1 is 1.53 bits per heavy atom. The predicted molar refractivity (Wildman–Crippen MR) is 61.6 cm³/mol. The van der Waals surface area contributed by atoms with Crippen LogP contribution in [-0.4, -0.2) is 11.5 Å². The zero-order valence-corrected chi connectivity index (χ0v) is 9.80. The van der Waals surface area contributed by atoms with E-state index in [1.165, 1.54) is 0 Å². The van der Waals surface area contributed by atoms with Gasteiger partial charge < -0.3 is 9.72 Å². The quantitative estimate of drug-likeness (QED) is 0.869. The van der Waals surface area contributed by atoms with Crippen LogP contribution in [0.1, 0.15) is 11.1 Å². The number of aryl methyl sites for hydroxylation is 1. The molecule has 78 valence electrons. The highest BCUT2D eigenvalue weighted by Gasteiger charge is 2.07. The number of H-pyrrole nitrogens is 1. The van der Waals surface area contributed by atoms with E-state index in [0.29, 0.717) is 13.1 Å². The van der Waals surface area contributed by atoms with Gasteiger partial charge in [0.2, 0.25) is 0 Å². The van der Waals surface area contributed by atoms with Crippen molar-refractivity contribution in [3.8, 4) is 0 Å². The molecule has 3 nitrogen and oxygen atoms in total. The Bertz CT molecular complexity index is 505. The fraction of sp³-hybridized carbons (Fsp3) is 0.182. The maximum absolute atomic E-state index is 10.2. The monoisotopic (exact) mass is 267 g/mol. The molecule has 0 saturated carbocycles. The van der Waals surface area contributed by atoms with Gasteiger partial charge in [-0.1, -0.05) is 15.9 Å². The summed E-state index contributed by atoms with van der Waals surface area (Å²) in [4.78, 5) is 13.4. The largest absolute Gasteiger partial charge is 0.463 e. The third-order valence-corrected chi connectivity index (χ3v) is 2.79. The summed E-state index contributed by atoms with van der Waals surface area (Å²) in [6.45, 7) is 2.80. The van der Waals surface area contributed by atoms with Crippen LogP contribution in [0, 0.1) is 6.92 Å². The molecule has 0 aliphatic carbocycles. The van der Waals surface area contributed by atoms with Crippen molar-refractivity contribution in [1.82, 2.24) is 4.98 Å². The molecule has 0 aliphatic heterocycles. The predicted octanol–water partition coefficient (Wildman–Crippen LogP) is 2.91. The van der Waals surface area contributed by atoms with Gasteiger partial charge in [-0.05, 0) is 24.6 Å². The molecule has 4 heteroatoms. The first-order valence-electron chi connectivity index (χ1n) is 4.53. The molecule has 0 aliphatic rings. The summed E-state index contributed by atoms with van der Waals surface area (Å²) in [6.07, 6.45) is 1.95. The lowest BCUT2D eigenvalue weighted by Crippen LogP contribution is -1.91. The molecule has 2 aromatic rings. The SMILES string of the molecule is Cc1c[nH]c2cc(Br)cc(COC=O)c12. The minimum absolute atomic E-state index is 0.304. The van der Waals surface area contributed by atoms with Gasteiger partial charge in [0.05, 0.1) is 0 Å². The van der Waals surface area contributed by atoms with Crippen LogP contribution < -0.4 is 0 Å². The van der Waals surface area contributed by atoms with Crippen molar-refractivity contribution in [3.63, 3.8) is 0 Å². The fourth-order valence-corrected chi connectivity index (χ4v) is 2.24. The lowest BCUT2D eigenvalue weighted by Gasteiger charge is -2.04. The van der Waals surface area contributed by atoms with Gasteiger partial charge in [0.15, 0.2) is 0 Å². The highest BCUT2D eigenvalue weighted by atomic mass is 79.9. The van der Waals surface area contributed by atoms with E-state index in [2.05, 4.69) is 20.9 Å². The minimum Gasteiger partial charge on any atom is -0.463 e. The zero-order valence-electron chi connectivity index (χ0n) is 8.21. The van der Waals surface area contributed by atoms with Crippen molar-refractivity contribution in [1.29, 1.82) is 0 Å². The van der Waals surface area contributed by atoms with Gasteiger partial charge in [-0.25, -0.2) is 0 Å². The molecule has 0 bridgehead atoms. The van der Waals surface area contributed by atoms with Crippen molar-refractivity contribution in [2.75, 3.05) is 0 Å². The summed E-state index contributed by atoms with van der Waals surface area (Å²) >= 11 is 3.42. The maximum Gasteiger partial charge on any atom is 0.293 e. The van der Waals surface area contributed by atoms with Crippen molar-refractivity contribution < 1.29 is 9.53 Å². The number of aromatic nitrogens is 1. The number of ether oxygens (including phenoxy) is 1. The van der Waals surface area contributed by atoms with Crippen LogP contribution in [0.4, 0.5) is 0 Å². The summed E-state index contributed by atoms with van der Waals surface area (Å²) in [7, 11) is 0. The number of aromatic amines is 1. The fourth-order valence-electron chi connectivity index (χ4n) is 1.74. The van der Waals surface area contributed by atoms with Crippen molar-refractivity contribution in [2.45, 2.75) is 13.5 Å². The molecule has 1 N–H and O–H groups in total. The molecule has 0 unspecified atom stereocenters. The Kier molecular flexibility index (Phi) is 2.77. The summed E-state index contributed by atoms with van der Waals surface area (Å²) in [5, 5.41) is 1.13. The number of fused-ring (bicyclic) bond motifs is 1. The van der Waals surface area contributed by atoms with Gasteiger partial charge in [0, 0.05) is 27.1 Å². The first-order chi connectivity index (χ1) is 7.22. The average Bonchev–Trinajstić information content (AvgIpc) is 2.56. The van der Waals surface area contributed by atoms with E-state index in [0.717, 1.165) is 26.5 Å². The molecular formula is C11H10BrNO2. The van der Waals surface area contributed by atoms with E-state index in [1.54, 1.807) is 0 Å². The Morgan fingerprint density at radius 3 is 3.07 bits per heavy atom. The molecule has 0 saturated heterocycles. The van der Waals surface area contributed by atoms with Crippen LogP contribution in [0.15, 0.2) is 22.8 Å². The number of nitrogens with one attached hydrogen (secondary N) is 1. The number of carbonyl (C=O) groups is 1. The van der Waals surface area contributed by atoms with Gasteiger partial charge in [-0.15, -0.1) is 0 Å². The molecule has 0 fully saturated rings. The van der Waals surface area contributed by atoms with Gasteiger partial charge in [-0.2, -0.15) is 0 Å². The van der Waals surface area contributed by atoms with E-state index in [4.69, 9.17) is 4.74 Å². The van der Waals surface area contributed by atoms with Crippen LogP contribution in [0.2, 0.25) is 0 Å². The van der Waals surface area contributed by atoms with E-state index in [9.17, 15) is 4.79 Å². The number of rotatable bonds is 3. The lowest BCUT2D eigenvalue weighted by molar-refractivity contribution is -0.129. The molecule has 1 heterocycles. The van der Waals surface area contributed by atoms with Crippen LogP contribution in [0.3, 0.4) is 0 Å². The van der Waals surface area contributed by atoms with Gasteiger partial charge >= 0.3 is 0 Å². The van der Waals surface area contributed by atoms with Gasteiger partial charge in [0.1, 0.15) is 6.61 Å². The Morgan fingerprint density at radius 2 is 2.33 bits per heavy atom. The normalized spacial score (nSPS) is 10.5. The Balaban J connectivity index is 2.58. The molecule has 0 atom stereocenters. The first-order valence-corrected chi connectivity index (χ1v) is 5.33. The number of hydrogen-bond acceptors (Lipinski definition) is 2. The van der Waals surface area contributed by atoms with Crippen LogP contribution in [-0.2, 0) is 16.1 Å². The molecule has 0 amide bonds. The number of carbonyl (C=O) groups excluding carboxylic acids is 1. The molecular weight excluding hydrogens is 258 g/mol. The smallest absolute Gasteiger partial charge is 0.293 e. The molecule has 15 heavy (non-hydrogen) atoms. The molecule has 1 aromatic heterocycles. The number of hydrogen-bond donors (Lipinski definition) is 1. The van der Waals surface area contributed by atoms with Crippen LogP contribution in [0.5, 0.6) is 0 Å². The second-order valence-electron chi connectivity index (χ2n) is 3.37. The molecule has 2 rings (SSSR count). The van der Waals surface area contributed by atoms with Crippen molar-refractivity contribution >= 4 is 33.3 Å². The Hall–Kier alpha value is -1.29. The third kappa shape index (κ3) is 1.90. The van der Waals surface area contributed by atoms with Gasteiger partial charge in [-0.3, -0.25) is 4.79 Å². The Labute approximate surface area is 95.6 Å². The summed E-state index contributed by atoms with van der Waals surface area (Å²) in [5.41, 5.74) is 3.21. The topological polar surface area (TPSA) is 42.1 Å². The van der Waals surface area contributed by atoms with E-state index < -0.39 is 0 Å². The highest BCUT2D eigenvalue weighted by molar-refractivity contribution is 9.10. The summed E-state index contributed by atoms with van der Waals surface area (Å²) in [6, 6.07) is 3.97. The second-order valence-corrected chi connectivity index (χ2v) is 4.28. The van der Waals surface area contributed by atoms with Crippen molar-refractivity contribution in [3.05, 3.63) is 33.9 Å². The minimum atomic E-state index is 0.304. The number of benzene rings is 1.